The van der Waals surface area contributed by atoms with Gasteiger partial charge < -0.3 is 11.1 Å². The average Bonchev–Trinajstić information content (AvgIpc) is 2.90. The Balaban J connectivity index is 2.16. The van der Waals surface area contributed by atoms with Crippen LogP contribution in [0.2, 0.25) is 0 Å². The summed E-state index contributed by atoms with van der Waals surface area (Å²) in [5, 5.41) is 4.53. The van der Waals surface area contributed by atoms with Gasteiger partial charge in [0.15, 0.2) is 0 Å². The summed E-state index contributed by atoms with van der Waals surface area (Å²) in [4.78, 5) is 18.7. The van der Waals surface area contributed by atoms with Gasteiger partial charge in [0.1, 0.15) is 11.5 Å². The maximum atomic E-state index is 12.6. The molecule has 0 unspecified atom stereocenters. The molecule has 2 rings (SSSR count). The molecule has 2 aromatic rings. The number of thiazole rings is 1. The molecule has 2 aromatic heterocycles. The first-order valence-corrected chi connectivity index (χ1v) is 6.81. The van der Waals surface area contributed by atoms with Crippen LogP contribution in [-0.2, 0) is 12.6 Å². The minimum atomic E-state index is -4.58. The molecule has 5 nitrogen and oxygen atoms in total. The number of nitrogens with one attached hydrogen (secondary N) is 1. The number of anilines is 1. The highest BCUT2D eigenvalue weighted by molar-refractivity contribution is 7.07. The van der Waals surface area contributed by atoms with Crippen LogP contribution in [0.1, 0.15) is 21.7 Å². The van der Waals surface area contributed by atoms with Crippen molar-refractivity contribution in [3.05, 3.63) is 40.0 Å². The largest absolute Gasteiger partial charge is 0.433 e. The second-order valence-corrected chi connectivity index (χ2v) is 4.83. The summed E-state index contributed by atoms with van der Waals surface area (Å²) in [5.41, 5.74) is 6.43. The van der Waals surface area contributed by atoms with E-state index < -0.39 is 17.8 Å². The van der Waals surface area contributed by atoms with Gasteiger partial charge in [0.25, 0.3) is 5.91 Å². The first-order chi connectivity index (χ1) is 9.88. The summed E-state index contributed by atoms with van der Waals surface area (Å²) in [6.07, 6.45) is -4.08. The highest BCUT2D eigenvalue weighted by atomic mass is 32.1. The van der Waals surface area contributed by atoms with Crippen LogP contribution in [0.4, 0.5) is 19.0 Å². The number of nitrogens with zero attached hydrogens (tertiary/aromatic N) is 2. The number of aromatic nitrogens is 2. The number of carbonyl (C=O) groups excluding carboxylic acids is 1. The molecular formula is C12H11F3N4OS. The van der Waals surface area contributed by atoms with Crippen LogP contribution in [0, 0.1) is 0 Å². The monoisotopic (exact) mass is 316 g/mol. The van der Waals surface area contributed by atoms with Crippen molar-refractivity contribution in [3.63, 3.8) is 0 Å². The molecule has 3 N–H and O–H groups in total. The van der Waals surface area contributed by atoms with Crippen molar-refractivity contribution < 1.29 is 18.0 Å². The maximum Gasteiger partial charge on any atom is 0.433 e. The Labute approximate surface area is 122 Å². The molecule has 0 aliphatic rings. The Morgan fingerprint density at radius 2 is 2.14 bits per heavy atom. The third-order valence-corrected chi connectivity index (χ3v) is 3.24. The summed E-state index contributed by atoms with van der Waals surface area (Å²) in [7, 11) is 0. The standard InChI is InChI=1S/C12H11F3N4OS/c13-12(14,15)9-2-1-8(10(16)20)11(19-9)17-4-3-7-5-21-6-18-7/h1-2,5-6H,3-4H2,(H2,16,20)(H,17,19). The minimum Gasteiger partial charge on any atom is -0.369 e. The fraction of sp³-hybridized carbons (Fsp3) is 0.250. The normalized spacial score (nSPS) is 11.4. The van der Waals surface area contributed by atoms with Gasteiger partial charge in [0.05, 0.1) is 16.8 Å². The van der Waals surface area contributed by atoms with Gasteiger partial charge in [0.2, 0.25) is 0 Å². The lowest BCUT2D eigenvalue weighted by Gasteiger charge is -2.12. The molecule has 0 bridgehead atoms. The fourth-order valence-corrected chi connectivity index (χ4v) is 2.21. The van der Waals surface area contributed by atoms with E-state index in [4.69, 9.17) is 5.73 Å². The number of hydrogen-bond acceptors (Lipinski definition) is 5. The first-order valence-electron chi connectivity index (χ1n) is 5.87. The topological polar surface area (TPSA) is 80.9 Å². The molecule has 112 valence electrons. The molecule has 0 fully saturated rings. The lowest BCUT2D eigenvalue weighted by Crippen LogP contribution is -2.19. The minimum absolute atomic E-state index is 0.0822. The van der Waals surface area contributed by atoms with Gasteiger partial charge in [0, 0.05) is 18.3 Å². The van der Waals surface area contributed by atoms with Gasteiger partial charge in [-0.2, -0.15) is 13.2 Å². The van der Waals surface area contributed by atoms with E-state index in [1.165, 1.54) is 11.3 Å². The predicted octanol–water partition coefficient (Wildman–Crippen LogP) is 2.31. The van der Waals surface area contributed by atoms with Gasteiger partial charge in [-0.05, 0) is 12.1 Å². The Hall–Kier alpha value is -2.16. The molecule has 0 aliphatic carbocycles. The number of nitrogens with two attached hydrogens (primary N) is 1. The Morgan fingerprint density at radius 1 is 1.38 bits per heavy atom. The van der Waals surface area contributed by atoms with Crippen molar-refractivity contribution in [2.24, 2.45) is 5.73 Å². The van der Waals surface area contributed by atoms with E-state index in [9.17, 15) is 18.0 Å². The Morgan fingerprint density at radius 3 is 2.71 bits per heavy atom. The summed E-state index contributed by atoms with van der Waals surface area (Å²) < 4.78 is 37.9. The van der Waals surface area contributed by atoms with Gasteiger partial charge >= 0.3 is 6.18 Å². The second kappa shape index (κ2) is 6.08. The molecule has 0 saturated heterocycles. The summed E-state index contributed by atoms with van der Waals surface area (Å²) >= 11 is 1.42. The number of hydrogen-bond donors (Lipinski definition) is 2. The van der Waals surface area contributed by atoms with Crippen LogP contribution in [0.15, 0.2) is 23.0 Å². The number of pyridine rings is 1. The number of halogens is 3. The van der Waals surface area contributed by atoms with Gasteiger partial charge in [-0.25, -0.2) is 9.97 Å². The van der Waals surface area contributed by atoms with Gasteiger partial charge in [-0.3, -0.25) is 4.79 Å². The summed E-state index contributed by atoms with van der Waals surface area (Å²) in [6, 6.07) is 1.75. The van der Waals surface area contributed by atoms with Crippen LogP contribution in [0.3, 0.4) is 0 Å². The van der Waals surface area contributed by atoms with E-state index >= 15 is 0 Å². The maximum absolute atomic E-state index is 12.6. The lowest BCUT2D eigenvalue weighted by atomic mass is 10.2. The molecule has 0 spiro atoms. The molecule has 0 aromatic carbocycles. The molecular weight excluding hydrogens is 305 g/mol. The molecule has 1 amide bonds. The Kier molecular flexibility index (Phi) is 4.41. The van der Waals surface area contributed by atoms with Crippen LogP contribution in [0.5, 0.6) is 0 Å². The number of amides is 1. The van der Waals surface area contributed by atoms with E-state index in [2.05, 4.69) is 15.3 Å². The van der Waals surface area contributed by atoms with Crippen molar-refractivity contribution in [1.82, 2.24) is 9.97 Å². The molecule has 0 atom stereocenters. The van der Waals surface area contributed by atoms with Gasteiger partial charge in [-0.1, -0.05) is 0 Å². The van der Waals surface area contributed by atoms with Crippen LogP contribution >= 0.6 is 11.3 Å². The number of primary amides is 1. The zero-order valence-corrected chi connectivity index (χ0v) is 11.5. The zero-order chi connectivity index (χ0) is 15.5. The van der Waals surface area contributed by atoms with Crippen molar-refractivity contribution in [1.29, 1.82) is 0 Å². The second-order valence-electron chi connectivity index (χ2n) is 4.11. The summed E-state index contributed by atoms with van der Waals surface area (Å²) in [6.45, 7) is 0.290. The molecule has 0 saturated carbocycles. The summed E-state index contributed by atoms with van der Waals surface area (Å²) in [5.74, 6) is -1.01. The van der Waals surface area contributed by atoms with E-state index in [0.717, 1.165) is 17.8 Å². The molecule has 21 heavy (non-hydrogen) atoms. The third-order valence-electron chi connectivity index (χ3n) is 2.61. The van der Waals surface area contributed by atoms with E-state index in [-0.39, 0.29) is 11.4 Å². The molecule has 2 heterocycles. The highest BCUT2D eigenvalue weighted by Crippen LogP contribution is 2.29. The first kappa shape index (κ1) is 15.2. The quantitative estimate of drug-likeness (QED) is 0.887. The third kappa shape index (κ3) is 3.91. The van der Waals surface area contributed by atoms with Crippen molar-refractivity contribution in [2.45, 2.75) is 12.6 Å². The van der Waals surface area contributed by atoms with Crippen molar-refractivity contribution >= 4 is 23.1 Å². The van der Waals surface area contributed by atoms with Crippen LogP contribution in [-0.4, -0.2) is 22.4 Å². The smallest absolute Gasteiger partial charge is 0.369 e. The number of carbonyl (C=O) groups is 1. The van der Waals surface area contributed by atoms with E-state index in [0.29, 0.717) is 13.0 Å². The van der Waals surface area contributed by atoms with E-state index in [1.54, 1.807) is 5.51 Å². The van der Waals surface area contributed by atoms with E-state index in [1.807, 2.05) is 5.38 Å². The molecule has 9 heteroatoms. The Bertz CT molecular complexity index is 628. The highest BCUT2D eigenvalue weighted by Gasteiger charge is 2.33. The predicted molar refractivity (Wildman–Crippen MR) is 72.1 cm³/mol. The average molecular weight is 316 g/mol. The van der Waals surface area contributed by atoms with Crippen LogP contribution < -0.4 is 11.1 Å². The molecule has 0 radical (unpaired) electrons. The zero-order valence-electron chi connectivity index (χ0n) is 10.6. The number of alkyl halides is 3. The van der Waals surface area contributed by atoms with Gasteiger partial charge in [-0.15, -0.1) is 11.3 Å². The lowest BCUT2D eigenvalue weighted by molar-refractivity contribution is -0.141. The SMILES string of the molecule is NC(=O)c1ccc(C(F)(F)F)nc1NCCc1cscn1. The fourth-order valence-electron chi connectivity index (χ4n) is 1.62. The van der Waals surface area contributed by atoms with Crippen LogP contribution in [0.25, 0.3) is 0 Å². The van der Waals surface area contributed by atoms with Crippen molar-refractivity contribution in [3.8, 4) is 0 Å². The number of rotatable bonds is 5. The van der Waals surface area contributed by atoms with Crippen molar-refractivity contribution in [2.75, 3.05) is 11.9 Å². The molecule has 0 aliphatic heterocycles.